The minimum atomic E-state index is 0.372. The summed E-state index contributed by atoms with van der Waals surface area (Å²) in [7, 11) is 0. The molecule has 0 aromatic heterocycles. The van der Waals surface area contributed by atoms with Gasteiger partial charge in [-0.3, -0.25) is 0 Å². The van der Waals surface area contributed by atoms with Crippen LogP contribution in [-0.2, 0) is 0 Å². The topological polar surface area (TPSA) is 47.6 Å². The molecule has 0 aliphatic heterocycles. The van der Waals surface area contributed by atoms with Gasteiger partial charge in [-0.25, -0.2) is 0 Å². The highest BCUT2D eigenvalue weighted by atomic mass is 14.3. The van der Waals surface area contributed by atoms with E-state index in [2.05, 4.69) is 97.1 Å². The number of nitriles is 2. The van der Waals surface area contributed by atoms with Crippen molar-refractivity contribution in [2.45, 2.75) is 0 Å². The molecule has 7 aromatic rings. The third kappa shape index (κ3) is 4.48. The highest BCUT2D eigenvalue weighted by molar-refractivity contribution is 6.07. The van der Waals surface area contributed by atoms with E-state index in [1.165, 1.54) is 10.8 Å². The smallest absolute Gasteiger partial charge is 0.101 e. The van der Waals surface area contributed by atoms with Gasteiger partial charge in [-0.05, 0) is 90.0 Å². The van der Waals surface area contributed by atoms with Crippen molar-refractivity contribution < 1.29 is 0 Å². The summed E-state index contributed by atoms with van der Waals surface area (Å²) in [6.45, 7) is 0. The van der Waals surface area contributed by atoms with Gasteiger partial charge in [0.25, 0.3) is 0 Å². The molecular weight excluding hydrogens is 508 g/mol. The number of benzene rings is 7. The minimum absolute atomic E-state index is 0.372. The van der Waals surface area contributed by atoms with Gasteiger partial charge in [-0.1, -0.05) is 121 Å². The number of allylic oxidation sites excluding steroid dienone is 2. The van der Waals surface area contributed by atoms with Crippen LogP contribution < -0.4 is 0 Å². The first-order valence-corrected chi connectivity index (χ1v) is 13.9. The molecule has 0 N–H and O–H groups in total. The summed E-state index contributed by atoms with van der Waals surface area (Å²) < 4.78 is 0. The molecule has 0 aliphatic rings. The van der Waals surface area contributed by atoms with Gasteiger partial charge in [0, 0.05) is 0 Å². The first kappa shape index (κ1) is 25.0. The number of rotatable bonds is 4. The van der Waals surface area contributed by atoms with Gasteiger partial charge >= 0.3 is 0 Å². The highest BCUT2D eigenvalue weighted by Gasteiger charge is 2.14. The van der Waals surface area contributed by atoms with Crippen molar-refractivity contribution in [3.63, 3.8) is 0 Å². The molecule has 0 fully saturated rings. The van der Waals surface area contributed by atoms with Gasteiger partial charge in [0.05, 0.1) is 11.1 Å². The fraction of sp³-hybridized carbons (Fsp3) is 0. The number of hydrogen-bond acceptors (Lipinski definition) is 2. The number of nitrogens with zero attached hydrogens (tertiary/aromatic N) is 2. The minimum Gasteiger partial charge on any atom is -0.192 e. The third-order valence-electron chi connectivity index (χ3n) is 7.94. The maximum absolute atomic E-state index is 10.2. The molecular formula is C40H24N2. The molecule has 7 rings (SSSR count). The normalized spacial score (nSPS) is 11.7. The predicted octanol–water partition coefficient (Wildman–Crippen LogP) is 10.4. The van der Waals surface area contributed by atoms with Crippen molar-refractivity contribution >= 4 is 43.5 Å². The Morgan fingerprint density at radius 2 is 0.905 bits per heavy atom. The quantitative estimate of drug-likeness (QED) is 0.167. The van der Waals surface area contributed by atoms with Crippen LogP contribution in [-0.4, -0.2) is 0 Å². The largest absolute Gasteiger partial charge is 0.192 e. The van der Waals surface area contributed by atoms with Gasteiger partial charge < -0.3 is 0 Å². The molecule has 0 unspecified atom stereocenters. The van der Waals surface area contributed by atoms with Crippen LogP contribution in [0.3, 0.4) is 0 Å². The van der Waals surface area contributed by atoms with Crippen molar-refractivity contribution in [3.8, 4) is 34.4 Å². The van der Waals surface area contributed by atoms with E-state index in [9.17, 15) is 10.5 Å². The Kier molecular flexibility index (Phi) is 6.29. The van der Waals surface area contributed by atoms with E-state index in [0.717, 1.165) is 54.9 Å². The van der Waals surface area contributed by atoms with Crippen molar-refractivity contribution in [1.82, 2.24) is 0 Å². The summed E-state index contributed by atoms with van der Waals surface area (Å²) in [6.07, 6.45) is 0. The maximum Gasteiger partial charge on any atom is 0.101 e. The fourth-order valence-electron chi connectivity index (χ4n) is 5.79. The molecule has 0 heterocycles. The lowest BCUT2D eigenvalue weighted by Gasteiger charge is -2.11. The molecule has 0 aliphatic carbocycles. The average Bonchev–Trinajstić information content (AvgIpc) is 3.06. The van der Waals surface area contributed by atoms with Crippen LogP contribution in [0.1, 0.15) is 11.1 Å². The second-order valence-electron chi connectivity index (χ2n) is 10.4. The van der Waals surface area contributed by atoms with Crippen LogP contribution in [0.5, 0.6) is 0 Å². The van der Waals surface area contributed by atoms with Crippen molar-refractivity contribution in [2.24, 2.45) is 0 Å². The van der Waals surface area contributed by atoms with Crippen LogP contribution >= 0.6 is 0 Å². The Balaban J connectivity index is 1.28. The summed E-state index contributed by atoms with van der Waals surface area (Å²) in [5.41, 5.74) is 6.80. The zero-order valence-corrected chi connectivity index (χ0v) is 22.8. The lowest BCUT2D eigenvalue weighted by molar-refractivity contribution is 1.50. The third-order valence-corrected chi connectivity index (χ3v) is 7.94. The Bertz CT molecular complexity index is 2260. The molecule has 0 saturated carbocycles. The van der Waals surface area contributed by atoms with E-state index in [1.54, 1.807) is 0 Å². The van der Waals surface area contributed by atoms with E-state index in [0.29, 0.717) is 11.1 Å². The zero-order valence-electron chi connectivity index (χ0n) is 22.8. The first-order valence-electron chi connectivity index (χ1n) is 13.9. The van der Waals surface area contributed by atoms with Crippen LogP contribution in [0.4, 0.5) is 0 Å². The Morgan fingerprint density at radius 3 is 1.62 bits per heavy atom. The SMILES string of the molecule is N#CC(=C(C#N)c1ccc2c(-c3ccccc3)cccc2c1)c1ccc2cc(-c3ccc4ccccc4c3)ccc2c1. The summed E-state index contributed by atoms with van der Waals surface area (Å²) in [6, 6.07) is 54.4. The lowest BCUT2D eigenvalue weighted by Crippen LogP contribution is -1.91. The van der Waals surface area contributed by atoms with E-state index < -0.39 is 0 Å². The molecule has 0 radical (unpaired) electrons. The van der Waals surface area contributed by atoms with E-state index >= 15 is 0 Å². The monoisotopic (exact) mass is 532 g/mol. The summed E-state index contributed by atoms with van der Waals surface area (Å²) in [5, 5.41) is 27.2. The Morgan fingerprint density at radius 1 is 0.381 bits per heavy atom. The molecule has 0 atom stereocenters. The van der Waals surface area contributed by atoms with E-state index in [1.807, 2.05) is 60.7 Å². The van der Waals surface area contributed by atoms with Gasteiger partial charge in [0.15, 0.2) is 0 Å². The summed E-state index contributed by atoms with van der Waals surface area (Å²) in [4.78, 5) is 0. The van der Waals surface area contributed by atoms with Crippen molar-refractivity contribution in [2.75, 3.05) is 0 Å². The molecule has 2 heteroatoms. The van der Waals surface area contributed by atoms with Gasteiger partial charge in [-0.15, -0.1) is 0 Å². The van der Waals surface area contributed by atoms with Gasteiger partial charge in [0.1, 0.15) is 12.1 Å². The second-order valence-corrected chi connectivity index (χ2v) is 10.4. The standard InChI is InChI=1S/C40H24N2/c41-25-39(40(26-42)36-19-20-38-34(24-36)11-6-12-37(38)28-8-2-1-3-9-28)35-18-17-32-22-31(15-16-33(32)23-35)30-14-13-27-7-4-5-10-29(27)21-30/h1-24H. The zero-order chi connectivity index (χ0) is 28.5. The molecule has 0 spiro atoms. The van der Waals surface area contributed by atoms with E-state index in [4.69, 9.17) is 0 Å². The van der Waals surface area contributed by atoms with Crippen LogP contribution in [0.15, 0.2) is 146 Å². The van der Waals surface area contributed by atoms with Crippen LogP contribution in [0.2, 0.25) is 0 Å². The van der Waals surface area contributed by atoms with E-state index in [-0.39, 0.29) is 0 Å². The molecule has 194 valence electrons. The van der Waals surface area contributed by atoms with Crippen molar-refractivity contribution in [1.29, 1.82) is 10.5 Å². The Hall–Kier alpha value is -5.96. The number of fused-ring (bicyclic) bond motifs is 3. The molecule has 7 aromatic carbocycles. The maximum atomic E-state index is 10.2. The predicted molar refractivity (Wildman–Crippen MR) is 174 cm³/mol. The molecule has 2 nitrogen and oxygen atoms in total. The Labute approximate surface area is 244 Å². The molecule has 42 heavy (non-hydrogen) atoms. The summed E-state index contributed by atoms with van der Waals surface area (Å²) >= 11 is 0. The van der Waals surface area contributed by atoms with Gasteiger partial charge in [0.2, 0.25) is 0 Å². The molecule has 0 saturated heterocycles. The highest BCUT2D eigenvalue weighted by Crippen LogP contribution is 2.34. The summed E-state index contributed by atoms with van der Waals surface area (Å²) in [5.74, 6) is 0. The molecule has 0 amide bonds. The number of hydrogen-bond donors (Lipinski definition) is 0. The van der Waals surface area contributed by atoms with Crippen LogP contribution in [0.25, 0.3) is 65.7 Å². The average molecular weight is 533 g/mol. The fourth-order valence-corrected chi connectivity index (χ4v) is 5.79. The lowest BCUT2D eigenvalue weighted by atomic mass is 9.91. The second kappa shape index (κ2) is 10.5. The van der Waals surface area contributed by atoms with Crippen LogP contribution in [0, 0.1) is 22.7 Å². The van der Waals surface area contributed by atoms with Gasteiger partial charge in [-0.2, -0.15) is 10.5 Å². The van der Waals surface area contributed by atoms with Crippen molar-refractivity contribution in [3.05, 3.63) is 157 Å². The first-order chi connectivity index (χ1) is 20.7. The molecule has 0 bridgehead atoms.